The summed E-state index contributed by atoms with van der Waals surface area (Å²) in [6, 6.07) is 18.3. The second-order valence-electron chi connectivity index (χ2n) is 7.24. The van der Waals surface area contributed by atoms with E-state index in [9.17, 15) is 0 Å². The van der Waals surface area contributed by atoms with E-state index in [2.05, 4.69) is 45.5 Å². The van der Waals surface area contributed by atoms with Crippen LogP contribution in [0.2, 0.25) is 0 Å². The van der Waals surface area contributed by atoms with E-state index in [1.807, 2.05) is 62.0 Å². The molecule has 1 heterocycles. The molecule has 0 aliphatic carbocycles. The zero-order valence-corrected chi connectivity index (χ0v) is 20.9. The molecule has 3 rings (SSSR count). The van der Waals surface area contributed by atoms with Gasteiger partial charge >= 0.3 is 0 Å². The van der Waals surface area contributed by atoms with E-state index in [1.165, 1.54) is 0 Å². The van der Waals surface area contributed by atoms with Crippen molar-refractivity contribution in [2.45, 2.75) is 26.9 Å². The molecular formula is C23H31IN6O. The molecule has 0 aliphatic rings. The summed E-state index contributed by atoms with van der Waals surface area (Å²) in [5.74, 6) is 3.46. The SMILES string of the molecule is Cc1ccccc1OCCN(C)C(=NCc1ccccc1)NCc1nnc(C)n1C.I. The van der Waals surface area contributed by atoms with Gasteiger partial charge in [0.1, 0.15) is 18.2 Å². The quantitative estimate of drug-likeness (QED) is 0.271. The maximum Gasteiger partial charge on any atom is 0.194 e. The summed E-state index contributed by atoms with van der Waals surface area (Å²) in [5.41, 5.74) is 2.30. The molecule has 0 fully saturated rings. The van der Waals surface area contributed by atoms with Gasteiger partial charge < -0.3 is 19.5 Å². The van der Waals surface area contributed by atoms with Gasteiger partial charge in [0.05, 0.1) is 19.6 Å². The molecule has 1 N–H and O–H groups in total. The van der Waals surface area contributed by atoms with Crippen molar-refractivity contribution in [3.63, 3.8) is 0 Å². The lowest BCUT2D eigenvalue weighted by Gasteiger charge is -2.23. The summed E-state index contributed by atoms with van der Waals surface area (Å²) in [6.45, 7) is 6.41. The lowest BCUT2D eigenvalue weighted by atomic mass is 10.2. The highest BCUT2D eigenvalue weighted by Gasteiger charge is 2.10. The predicted octanol–water partition coefficient (Wildman–Crippen LogP) is 3.71. The molecule has 0 saturated carbocycles. The van der Waals surface area contributed by atoms with Crippen LogP contribution in [0.3, 0.4) is 0 Å². The van der Waals surface area contributed by atoms with E-state index in [4.69, 9.17) is 9.73 Å². The smallest absolute Gasteiger partial charge is 0.194 e. The minimum atomic E-state index is 0. The Morgan fingerprint density at radius 1 is 1.06 bits per heavy atom. The van der Waals surface area contributed by atoms with E-state index in [0.29, 0.717) is 26.2 Å². The average Bonchev–Trinajstić information content (AvgIpc) is 3.08. The Morgan fingerprint density at radius 2 is 1.77 bits per heavy atom. The third kappa shape index (κ3) is 7.23. The molecule has 31 heavy (non-hydrogen) atoms. The van der Waals surface area contributed by atoms with Gasteiger partial charge in [-0.1, -0.05) is 48.5 Å². The largest absolute Gasteiger partial charge is 0.491 e. The highest BCUT2D eigenvalue weighted by molar-refractivity contribution is 14.0. The van der Waals surface area contributed by atoms with Crippen LogP contribution in [0.4, 0.5) is 0 Å². The third-order valence-electron chi connectivity index (χ3n) is 4.98. The number of aromatic nitrogens is 3. The van der Waals surface area contributed by atoms with Crippen LogP contribution in [-0.4, -0.2) is 45.8 Å². The van der Waals surface area contributed by atoms with Gasteiger partial charge in [-0.2, -0.15) is 0 Å². The number of halogens is 1. The molecule has 8 heteroatoms. The van der Waals surface area contributed by atoms with Crippen molar-refractivity contribution in [3.05, 3.63) is 77.4 Å². The second kappa shape index (κ2) is 12.3. The highest BCUT2D eigenvalue weighted by atomic mass is 127. The van der Waals surface area contributed by atoms with Crippen molar-refractivity contribution in [1.29, 1.82) is 0 Å². The molecule has 2 aromatic carbocycles. The van der Waals surface area contributed by atoms with Gasteiger partial charge in [-0.15, -0.1) is 34.2 Å². The Hall–Kier alpha value is -2.62. The highest BCUT2D eigenvalue weighted by Crippen LogP contribution is 2.15. The van der Waals surface area contributed by atoms with Crippen molar-refractivity contribution < 1.29 is 4.74 Å². The summed E-state index contributed by atoms with van der Waals surface area (Å²) in [6.07, 6.45) is 0. The number of guanidine groups is 1. The van der Waals surface area contributed by atoms with E-state index in [-0.39, 0.29) is 24.0 Å². The Kier molecular flexibility index (Phi) is 9.77. The van der Waals surface area contributed by atoms with Crippen LogP contribution < -0.4 is 10.1 Å². The van der Waals surface area contributed by atoms with E-state index in [0.717, 1.165) is 34.5 Å². The van der Waals surface area contributed by atoms with Crippen LogP contribution in [0.5, 0.6) is 5.75 Å². The zero-order valence-electron chi connectivity index (χ0n) is 18.6. The van der Waals surface area contributed by atoms with Gasteiger partial charge in [-0.05, 0) is 31.0 Å². The van der Waals surface area contributed by atoms with E-state index in [1.54, 1.807) is 0 Å². The molecule has 0 bridgehead atoms. The summed E-state index contributed by atoms with van der Waals surface area (Å²) in [7, 11) is 3.98. The summed E-state index contributed by atoms with van der Waals surface area (Å²) in [4.78, 5) is 6.88. The number of nitrogens with one attached hydrogen (secondary N) is 1. The molecule has 0 spiro atoms. The van der Waals surface area contributed by atoms with Gasteiger partial charge in [0.25, 0.3) is 0 Å². The van der Waals surface area contributed by atoms with Gasteiger partial charge in [-0.25, -0.2) is 4.99 Å². The number of likely N-dealkylation sites (N-methyl/N-ethyl adjacent to an activating group) is 1. The lowest BCUT2D eigenvalue weighted by Crippen LogP contribution is -2.41. The molecule has 1 aromatic heterocycles. The van der Waals surface area contributed by atoms with Crippen molar-refractivity contribution in [3.8, 4) is 5.75 Å². The summed E-state index contributed by atoms with van der Waals surface area (Å²) < 4.78 is 7.93. The number of aryl methyl sites for hydroxylation is 2. The van der Waals surface area contributed by atoms with Crippen LogP contribution in [-0.2, 0) is 20.1 Å². The average molecular weight is 534 g/mol. The second-order valence-corrected chi connectivity index (χ2v) is 7.24. The first-order valence-corrected chi connectivity index (χ1v) is 10.1. The molecule has 3 aromatic rings. The number of rotatable bonds is 8. The Bertz CT molecular complexity index is 973. The monoisotopic (exact) mass is 534 g/mol. The van der Waals surface area contributed by atoms with Crippen molar-refractivity contribution in [2.24, 2.45) is 12.0 Å². The Labute approximate surface area is 201 Å². The molecule has 0 unspecified atom stereocenters. The normalized spacial score (nSPS) is 11.0. The van der Waals surface area contributed by atoms with E-state index >= 15 is 0 Å². The topological polar surface area (TPSA) is 67.6 Å². The molecule has 7 nitrogen and oxygen atoms in total. The first-order chi connectivity index (χ1) is 14.5. The number of para-hydroxylation sites is 1. The Morgan fingerprint density at radius 3 is 2.45 bits per heavy atom. The number of hydrogen-bond donors (Lipinski definition) is 1. The van der Waals surface area contributed by atoms with Crippen molar-refractivity contribution in [2.75, 3.05) is 20.2 Å². The minimum Gasteiger partial charge on any atom is -0.491 e. The fraction of sp³-hybridized carbons (Fsp3) is 0.348. The summed E-state index contributed by atoms with van der Waals surface area (Å²) in [5, 5.41) is 11.8. The Balaban J connectivity index is 0.00000341. The maximum atomic E-state index is 5.95. The number of ether oxygens (including phenoxy) is 1. The first kappa shape index (κ1) is 24.6. The minimum absolute atomic E-state index is 0. The van der Waals surface area contributed by atoms with Gasteiger partial charge in [-0.3, -0.25) is 0 Å². The van der Waals surface area contributed by atoms with Crippen LogP contribution in [0.1, 0.15) is 22.8 Å². The zero-order chi connectivity index (χ0) is 21.3. The number of hydrogen-bond acceptors (Lipinski definition) is 4. The van der Waals surface area contributed by atoms with Gasteiger partial charge in [0.2, 0.25) is 0 Å². The predicted molar refractivity (Wildman–Crippen MR) is 135 cm³/mol. The molecule has 0 saturated heterocycles. The standard InChI is InChI=1S/C23H30N6O.HI/c1-18-10-8-9-13-21(18)30-15-14-28(3)23(24-16-20-11-6-5-7-12-20)25-17-22-27-26-19(2)29(22)4;/h5-13H,14-17H2,1-4H3,(H,24,25);1H. The molecule has 0 aliphatic heterocycles. The molecule has 0 amide bonds. The van der Waals surface area contributed by atoms with Crippen LogP contribution >= 0.6 is 24.0 Å². The fourth-order valence-corrected chi connectivity index (χ4v) is 2.94. The molecule has 0 radical (unpaired) electrons. The van der Waals surface area contributed by atoms with Gasteiger partial charge in [0.15, 0.2) is 11.8 Å². The van der Waals surface area contributed by atoms with Crippen LogP contribution in [0.25, 0.3) is 0 Å². The molecular weight excluding hydrogens is 503 g/mol. The number of aliphatic imine (C=N–C) groups is 1. The van der Waals surface area contributed by atoms with Gasteiger partial charge in [0, 0.05) is 14.1 Å². The van der Waals surface area contributed by atoms with E-state index < -0.39 is 0 Å². The van der Waals surface area contributed by atoms with Crippen LogP contribution in [0, 0.1) is 13.8 Å². The lowest BCUT2D eigenvalue weighted by molar-refractivity contribution is 0.279. The molecule has 0 atom stereocenters. The molecule has 166 valence electrons. The fourth-order valence-electron chi connectivity index (χ4n) is 2.94. The number of nitrogens with zero attached hydrogens (tertiary/aromatic N) is 5. The summed E-state index contributed by atoms with van der Waals surface area (Å²) >= 11 is 0. The first-order valence-electron chi connectivity index (χ1n) is 10.1. The van der Waals surface area contributed by atoms with Crippen molar-refractivity contribution in [1.82, 2.24) is 25.0 Å². The third-order valence-corrected chi connectivity index (χ3v) is 4.98. The van der Waals surface area contributed by atoms with Crippen molar-refractivity contribution >= 4 is 29.9 Å². The number of benzene rings is 2. The van der Waals surface area contributed by atoms with Crippen LogP contribution in [0.15, 0.2) is 59.6 Å². The maximum absolute atomic E-state index is 5.95.